The number of carbonyl (C=O) groups is 4. The molecule has 0 bridgehead atoms. The minimum Gasteiger partial charge on any atom is -0.463 e. The van der Waals surface area contributed by atoms with E-state index in [-0.39, 0.29) is 10.1 Å². The number of esters is 2. The quantitative estimate of drug-likeness (QED) is 0.144. The van der Waals surface area contributed by atoms with Crippen LogP contribution in [0.15, 0.2) is 0 Å². The lowest BCUT2D eigenvalue weighted by molar-refractivity contribution is -0.175. The molecule has 0 N–H and O–H groups in total. The van der Waals surface area contributed by atoms with E-state index in [2.05, 4.69) is 4.74 Å². The molecule has 2 fully saturated rings. The largest absolute Gasteiger partial charge is 0.463 e. The monoisotopic (exact) mass is 532 g/mol. The molecule has 0 aliphatic carbocycles. The van der Waals surface area contributed by atoms with E-state index in [1.54, 1.807) is 0 Å². The van der Waals surface area contributed by atoms with E-state index in [0.717, 1.165) is 7.11 Å². The summed E-state index contributed by atoms with van der Waals surface area (Å²) in [6, 6.07) is 0. The maximum atomic E-state index is 13.3. The Morgan fingerprint density at radius 1 is 0.971 bits per heavy atom. The van der Waals surface area contributed by atoms with E-state index in [1.165, 1.54) is 0 Å². The highest BCUT2D eigenvalue weighted by molar-refractivity contribution is 6.74. The van der Waals surface area contributed by atoms with Crippen molar-refractivity contribution < 1.29 is 47.0 Å². The van der Waals surface area contributed by atoms with Gasteiger partial charge in [-0.3, -0.25) is 4.79 Å². The summed E-state index contributed by atoms with van der Waals surface area (Å²) in [5, 5.41) is -0.578. The van der Waals surface area contributed by atoms with Gasteiger partial charge in [0.15, 0.2) is 22.2 Å². The van der Waals surface area contributed by atoms with Crippen LogP contribution in [0.3, 0.4) is 0 Å². The number of Topliss-reactive ketones (excluding diaryl/α,β-unsaturated/α-hetero) is 1. The van der Waals surface area contributed by atoms with Crippen molar-refractivity contribution in [3.8, 4) is 0 Å². The zero-order valence-corrected chi connectivity index (χ0v) is 24.7. The molecular formula is C23H40O10Si2. The number of ether oxygens (including phenoxy) is 4. The summed E-state index contributed by atoms with van der Waals surface area (Å²) in [6.45, 7) is 19.0. The minimum absolute atomic E-state index is 0.262. The van der Waals surface area contributed by atoms with Gasteiger partial charge in [0.05, 0.1) is 7.11 Å². The second kappa shape index (κ2) is 9.45. The molecule has 12 heteroatoms. The lowest BCUT2D eigenvalue weighted by Gasteiger charge is -2.48. The predicted octanol–water partition coefficient (Wildman–Crippen LogP) is 2.75. The van der Waals surface area contributed by atoms with Gasteiger partial charge in [0.1, 0.15) is 31.9 Å². The number of carbonyl (C=O) groups excluding carboxylic acids is 4. The molecule has 35 heavy (non-hydrogen) atoms. The van der Waals surface area contributed by atoms with Crippen LogP contribution in [0.2, 0.25) is 36.3 Å². The molecule has 0 radical (unpaired) electrons. The molecule has 0 spiro atoms. The molecule has 200 valence electrons. The average Bonchev–Trinajstić information content (AvgIpc) is 3.24. The minimum atomic E-state index is -2.68. The van der Waals surface area contributed by atoms with Gasteiger partial charge in [0.2, 0.25) is 0 Å². The van der Waals surface area contributed by atoms with Gasteiger partial charge in [0.25, 0.3) is 11.4 Å². The Morgan fingerprint density at radius 2 is 1.49 bits per heavy atom. The van der Waals surface area contributed by atoms with Crippen molar-refractivity contribution in [1.29, 1.82) is 0 Å². The second-order valence-electron chi connectivity index (χ2n) is 12.2. The Kier molecular flexibility index (Phi) is 8.04. The topological polar surface area (TPSA) is 124 Å². The van der Waals surface area contributed by atoms with Crippen molar-refractivity contribution in [2.75, 3.05) is 20.5 Å². The first-order valence-electron chi connectivity index (χ1n) is 11.6. The van der Waals surface area contributed by atoms with Crippen molar-refractivity contribution in [2.24, 2.45) is 0 Å². The number of fused-ring (bicyclic) bond motifs is 1. The number of aldehydes is 1. The van der Waals surface area contributed by atoms with Crippen molar-refractivity contribution in [2.45, 2.75) is 101 Å². The van der Waals surface area contributed by atoms with Crippen LogP contribution in [0.4, 0.5) is 0 Å². The summed E-state index contributed by atoms with van der Waals surface area (Å²) < 4.78 is 34.6. The van der Waals surface area contributed by atoms with Crippen molar-refractivity contribution >= 4 is 40.6 Å². The Hall–Kier alpha value is -1.45. The maximum absolute atomic E-state index is 13.3. The highest BCUT2D eigenvalue weighted by atomic mass is 28.4. The van der Waals surface area contributed by atoms with E-state index in [9.17, 15) is 19.2 Å². The van der Waals surface area contributed by atoms with E-state index in [4.69, 9.17) is 23.1 Å². The Balaban J connectivity index is 2.76. The highest BCUT2D eigenvalue weighted by Gasteiger charge is 2.79. The van der Waals surface area contributed by atoms with Gasteiger partial charge in [0, 0.05) is 0 Å². The van der Waals surface area contributed by atoms with Crippen molar-refractivity contribution in [3.05, 3.63) is 0 Å². The van der Waals surface area contributed by atoms with Crippen LogP contribution in [0.25, 0.3) is 0 Å². The van der Waals surface area contributed by atoms with Crippen molar-refractivity contribution in [1.82, 2.24) is 0 Å². The maximum Gasteiger partial charge on any atom is 0.378 e. The van der Waals surface area contributed by atoms with E-state index in [0.29, 0.717) is 6.29 Å². The van der Waals surface area contributed by atoms with Crippen LogP contribution in [0.5, 0.6) is 0 Å². The smallest absolute Gasteiger partial charge is 0.378 e. The molecule has 2 aliphatic heterocycles. The zero-order chi connectivity index (χ0) is 27.3. The van der Waals surface area contributed by atoms with E-state index < -0.39 is 71.2 Å². The number of ketones is 1. The average molecular weight is 533 g/mol. The first kappa shape index (κ1) is 29.8. The molecular weight excluding hydrogens is 492 g/mol. The van der Waals surface area contributed by atoms with Crippen molar-refractivity contribution in [3.63, 3.8) is 0 Å². The number of cyclic esters (lactones) is 1. The van der Waals surface area contributed by atoms with Gasteiger partial charge in [-0.25, -0.2) is 9.59 Å². The summed E-state index contributed by atoms with van der Waals surface area (Å²) in [7, 11) is -4.22. The number of methoxy groups -OCH3 is 1. The highest BCUT2D eigenvalue weighted by Crippen LogP contribution is 2.50. The molecule has 0 saturated carbocycles. The predicted molar refractivity (Wildman–Crippen MR) is 131 cm³/mol. The van der Waals surface area contributed by atoms with E-state index in [1.807, 2.05) is 67.7 Å². The second-order valence-corrected chi connectivity index (χ2v) is 21.7. The van der Waals surface area contributed by atoms with Crippen LogP contribution >= 0.6 is 0 Å². The number of hydrogen-bond acceptors (Lipinski definition) is 10. The summed E-state index contributed by atoms with van der Waals surface area (Å²) in [6.07, 6.45) is -1.91. The van der Waals surface area contributed by atoms with Gasteiger partial charge in [-0.05, 0) is 36.3 Å². The molecule has 10 nitrogen and oxygen atoms in total. The van der Waals surface area contributed by atoms with Crippen LogP contribution in [-0.2, 0) is 47.0 Å². The molecule has 4 atom stereocenters. The third kappa shape index (κ3) is 4.80. The lowest BCUT2D eigenvalue weighted by atomic mass is 9.76. The van der Waals surface area contributed by atoms with Crippen LogP contribution in [0, 0.1) is 0 Å². The van der Waals surface area contributed by atoms with Gasteiger partial charge in [-0.1, -0.05) is 41.5 Å². The van der Waals surface area contributed by atoms with Gasteiger partial charge in [-0.15, -0.1) is 0 Å². The molecule has 0 unspecified atom stereocenters. The Bertz CT molecular complexity index is 873. The molecule has 2 aliphatic rings. The SMILES string of the molecule is COC(=O)C(=O)[C@]12OCO[C@@]1([C@@H](O[Si](C)(C)C(C)(C)C)[C@H](C=O)O[Si](C)(C)C(C)(C)C)COC2=O. The van der Waals surface area contributed by atoms with Crippen LogP contribution in [-0.4, -0.2) is 84.6 Å². The standard InChI is InChI=1S/C23H40O10Si2/c1-20(2,3)34(8,9)32-15(12-24)17(33-35(10,11)21(4,5)6)22-13-29-19(27)23(22,31-14-30-22)16(25)18(26)28-7/h12,15,17H,13-14H2,1-11H3/t15-,17-,22+,23+/m0/s1. The summed E-state index contributed by atoms with van der Waals surface area (Å²) in [5.74, 6) is -3.66. The number of hydrogen-bond donors (Lipinski definition) is 0. The summed E-state index contributed by atoms with van der Waals surface area (Å²) >= 11 is 0. The third-order valence-electron chi connectivity index (χ3n) is 7.94. The number of rotatable bonds is 9. The summed E-state index contributed by atoms with van der Waals surface area (Å²) in [4.78, 5) is 51.3. The lowest BCUT2D eigenvalue weighted by Crippen LogP contribution is -2.71. The molecule has 0 aromatic heterocycles. The fraction of sp³-hybridized carbons (Fsp3) is 0.826. The normalized spacial score (nSPS) is 27.1. The molecule has 2 heterocycles. The molecule has 2 saturated heterocycles. The summed E-state index contributed by atoms with van der Waals surface area (Å²) in [5.41, 5.74) is -4.41. The van der Waals surface area contributed by atoms with Gasteiger partial charge >= 0.3 is 11.9 Å². The molecule has 0 aromatic carbocycles. The van der Waals surface area contributed by atoms with Crippen LogP contribution < -0.4 is 0 Å². The fourth-order valence-electron chi connectivity index (χ4n) is 3.65. The third-order valence-corrected chi connectivity index (χ3v) is 16.9. The molecule has 0 aromatic rings. The van der Waals surface area contributed by atoms with Gasteiger partial charge in [-0.2, -0.15) is 0 Å². The molecule has 2 rings (SSSR count). The fourth-order valence-corrected chi connectivity index (χ4v) is 6.17. The van der Waals surface area contributed by atoms with E-state index >= 15 is 0 Å². The van der Waals surface area contributed by atoms with Gasteiger partial charge < -0.3 is 32.6 Å². The molecule has 0 amide bonds. The van der Waals surface area contributed by atoms with Crippen LogP contribution in [0.1, 0.15) is 41.5 Å². The zero-order valence-electron chi connectivity index (χ0n) is 22.7. The Morgan fingerprint density at radius 3 is 1.94 bits per heavy atom. The first-order valence-corrected chi connectivity index (χ1v) is 17.4. The first-order chi connectivity index (χ1) is 15.7. The Labute approximate surface area is 209 Å².